The number of ketones is 1. The molecule has 38 heavy (non-hydrogen) atoms. The molecule has 204 valence electrons. The lowest BCUT2D eigenvalue weighted by Gasteiger charge is -2.31. The molecule has 0 amide bonds. The summed E-state index contributed by atoms with van der Waals surface area (Å²) in [6, 6.07) is 8.62. The Labute approximate surface area is 224 Å². The fourth-order valence-electron chi connectivity index (χ4n) is 4.57. The van der Waals surface area contributed by atoms with Crippen molar-refractivity contribution < 1.29 is 19.0 Å². The van der Waals surface area contributed by atoms with Gasteiger partial charge in [-0.15, -0.1) is 0 Å². The van der Waals surface area contributed by atoms with Crippen molar-refractivity contribution in [2.75, 3.05) is 69.0 Å². The Morgan fingerprint density at radius 3 is 2.18 bits per heavy atom. The number of imidazole rings is 1. The number of carbonyl (C=O) groups excluding carboxylic acids is 1. The molecule has 5 rings (SSSR count). The molecule has 0 unspecified atom stereocenters. The van der Waals surface area contributed by atoms with Crippen LogP contribution in [0, 0.1) is 6.92 Å². The molecule has 0 radical (unpaired) electrons. The number of fused-ring (bicyclic) bond motifs is 1. The first kappa shape index (κ1) is 26.7. The standard InChI is InChI=1S/C27H38N6O4Si/c1-20-5-7-21(8-6-20)23(34)26-28-24-22(33(26)19-37-17-18-38(2,3)4)25(31-9-13-35-14-10-31)30-27(29-24)32-11-15-36-16-12-32/h5-8H,9-19H2,1-4H3. The van der Waals surface area contributed by atoms with Crippen LogP contribution < -0.4 is 9.80 Å². The molecule has 0 spiro atoms. The van der Waals surface area contributed by atoms with E-state index in [-0.39, 0.29) is 12.5 Å². The van der Waals surface area contributed by atoms with E-state index in [0.29, 0.717) is 82.2 Å². The van der Waals surface area contributed by atoms with Crippen molar-refractivity contribution in [3.63, 3.8) is 0 Å². The highest BCUT2D eigenvalue weighted by Gasteiger charge is 2.28. The summed E-state index contributed by atoms with van der Waals surface area (Å²) in [5.74, 6) is 1.54. The van der Waals surface area contributed by atoms with E-state index in [2.05, 4.69) is 29.4 Å². The smallest absolute Gasteiger partial charge is 0.229 e. The highest BCUT2D eigenvalue weighted by Crippen LogP contribution is 2.30. The molecule has 1 aromatic carbocycles. The van der Waals surface area contributed by atoms with E-state index in [1.165, 1.54) is 0 Å². The van der Waals surface area contributed by atoms with Crippen molar-refractivity contribution in [3.05, 3.63) is 41.2 Å². The highest BCUT2D eigenvalue weighted by molar-refractivity contribution is 6.76. The second-order valence-corrected chi connectivity index (χ2v) is 16.7. The number of anilines is 2. The lowest BCUT2D eigenvalue weighted by molar-refractivity contribution is 0.0834. The minimum absolute atomic E-state index is 0.155. The molecule has 2 aromatic heterocycles. The number of carbonyl (C=O) groups is 1. The highest BCUT2D eigenvalue weighted by atomic mass is 28.3. The second-order valence-electron chi connectivity index (χ2n) is 11.1. The summed E-state index contributed by atoms with van der Waals surface area (Å²) in [6.45, 7) is 15.2. The van der Waals surface area contributed by atoms with Crippen LogP contribution in [0.25, 0.3) is 11.2 Å². The van der Waals surface area contributed by atoms with Gasteiger partial charge in [-0.2, -0.15) is 9.97 Å². The molecular formula is C27H38N6O4Si. The van der Waals surface area contributed by atoms with Gasteiger partial charge in [-0.05, 0) is 13.0 Å². The summed E-state index contributed by atoms with van der Waals surface area (Å²) >= 11 is 0. The van der Waals surface area contributed by atoms with E-state index in [1.807, 2.05) is 35.8 Å². The Bertz CT molecular complexity index is 1260. The predicted octanol–water partition coefficient (Wildman–Crippen LogP) is 3.35. The van der Waals surface area contributed by atoms with E-state index in [9.17, 15) is 4.79 Å². The predicted molar refractivity (Wildman–Crippen MR) is 150 cm³/mol. The average Bonchev–Trinajstić information content (AvgIpc) is 3.29. The molecule has 0 saturated carbocycles. The Balaban J connectivity index is 1.61. The fraction of sp³-hybridized carbons (Fsp3) is 0.556. The molecule has 4 heterocycles. The summed E-state index contributed by atoms with van der Waals surface area (Å²) in [6.07, 6.45) is 0. The SMILES string of the molecule is Cc1ccc(C(=O)c2nc3nc(N4CCOCC4)nc(N4CCOCC4)c3n2COCC[Si](C)(C)C)cc1. The van der Waals surface area contributed by atoms with Crippen LogP contribution in [0.4, 0.5) is 11.8 Å². The second kappa shape index (κ2) is 11.5. The summed E-state index contributed by atoms with van der Waals surface area (Å²) in [5.41, 5.74) is 2.92. The Hall–Kier alpha value is -2.86. The minimum atomic E-state index is -1.27. The number of morpholine rings is 2. The molecule has 0 bridgehead atoms. The zero-order valence-corrected chi connectivity index (χ0v) is 23.9. The first-order chi connectivity index (χ1) is 18.3. The van der Waals surface area contributed by atoms with Crippen molar-refractivity contribution in [2.24, 2.45) is 0 Å². The first-order valence-electron chi connectivity index (χ1n) is 13.4. The number of aromatic nitrogens is 4. The minimum Gasteiger partial charge on any atom is -0.378 e. The number of nitrogens with zero attached hydrogens (tertiary/aromatic N) is 6. The summed E-state index contributed by atoms with van der Waals surface area (Å²) in [4.78, 5) is 32.8. The maximum atomic E-state index is 13.8. The van der Waals surface area contributed by atoms with Gasteiger partial charge < -0.3 is 24.0 Å². The van der Waals surface area contributed by atoms with Crippen molar-refractivity contribution in [2.45, 2.75) is 39.3 Å². The number of benzene rings is 1. The van der Waals surface area contributed by atoms with E-state index < -0.39 is 8.07 Å². The monoisotopic (exact) mass is 538 g/mol. The van der Waals surface area contributed by atoms with Crippen LogP contribution in [-0.4, -0.2) is 92.6 Å². The number of hydrogen-bond donors (Lipinski definition) is 0. The number of ether oxygens (including phenoxy) is 3. The lowest BCUT2D eigenvalue weighted by atomic mass is 10.1. The number of hydrogen-bond acceptors (Lipinski definition) is 9. The first-order valence-corrected chi connectivity index (χ1v) is 17.1. The Morgan fingerprint density at radius 2 is 1.55 bits per heavy atom. The van der Waals surface area contributed by atoms with Gasteiger partial charge in [0.15, 0.2) is 17.3 Å². The van der Waals surface area contributed by atoms with Crippen molar-refractivity contribution in [1.82, 2.24) is 19.5 Å². The van der Waals surface area contributed by atoms with Crippen LogP contribution in [0.15, 0.2) is 24.3 Å². The van der Waals surface area contributed by atoms with Gasteiger partial charge in [0.1, 0.15) is 12.2 Å². The fourth-order valence-corrected chi connectivity index (χ4v) is 5.33. The van der Waals surface area contributed by atoms with E-state index in [1.54, 1.807) is 0 Å². The third kappa shape index (κ3) is 6.06. The molecule has 2 fully saturated rings. The number of aryl methyl sites for hydroxylation is 1. The average molecular weight is 539 g/mol. The summed E-state index contributed by atoms with van der Waals surface area (Å²) in [7, 11) is -1.27. The zero-order chi connectivity index (χ0) is 26.7. The van der Waals surface area contributed by atoms with Crippen LogP contribution in [0.1, 0.15) is 21.7 Å². The van der Waals surface area contributed by atoms with E-state index in [4.69, 9.17) is 29.2 Å². The van der Waals surface area contributed by atoms with Gasteiger partial charge in [0, 0.05) is 46.4 Å². The summed E-state index contributed by atoms with van der Waals surface area (Å²) in [5, 5.41) is 0. The van der Waals surface area contributed by atoms with Crippen molar-refractivity contribution >= 4 is 36.8 Å². The maximum Gasteiger partial charge on any atom is 0.229 e. The molecule has 0 atom stereocenters. The molecule has 2 saturated heterocycles. The van der Waals surface area contributed by atoms with Gasteiger partial charge >= 0.3 is 0 Å². The topological polar surface area (TPSA) is 94.8 Å². The molecule has 10 nitrogen and oxygen atoms in total. The third-order valence-electron chi connectivity index (χ3n) is 6.91. The Morgan fingerprint density at radius 1 is 0.921 bits per heavy atom. The molecule has 2 aliphatic heterocycles. The third-order valence-corrected chi connectivity index (χ3v) is 8.62. The molecule has 11 heteroatoms. The molecule has 3 aromatic rings. The van der Waals surface area contributed by atoms with Crippen LogP contribution in [0.2, 0.25) is 25.7 Å². The largest absolute Gasteiger partial charge is 0.378 e. The molecule has 0 aliphatic carbocycles. The van der Waals surface area contributed by atoms with E-state index >= 15 is 0 Å². The Kier molecular flexibility index (Phi) is 8.08. The van der Waals surface area contributed by atoms with Gasteiger partial charge in [0.2, 0.25) is 11.7 Å². The quantitative estimate of drug-likeness (QED) is 0.231. The number of rotatable bonds is 9. The maximum absolute atomic E-state index is 13.8. The molecule has 2 aliphatic rings. The van der Waals surface area contributed by atoms with Gasteiger partial charge in [-0.25, -0.2) is 4.98 Å². The zero-order valence-electron chi connectivity index (χ0n) is 22.9. The van der Waals surface area contributed by atoms with Gasteiger partial charge in [-0.1, -0.05) is 49.5 Å². The summed E-state index contributed by atoms with van der Waals surface area (Å²) < 4.78 is 19.2. The van der Waals surface area contributed by atoms with Gasteiger partial charge in [-0.3, -0.25) is 9.36 Å². The van der Waals surface area contributed by atoms with Gasteiger partial charge in [0.25, 0.3) is 0 Å². The lowest BCUT2D eigenvalue weighted by Crippen LogP contribution is -2.39. The molecular weight excluding hydrogens is 500 g/mol. The van der Waals surface area contributed by atoms with Crippen LogP contribution in [0.3, 0.4) is 0 Å². The van der Waals surface area contributed by atoms with Crippen LogP contribution >= 0.6 is 0 Å². The van der Waals surface area contributed by atoms with Crippen LogP contribution in [0.5, 0.6) is 0 Å². The molecule has 0 N–H and O–H groups in total. The van der Waals surface area contributed by atoms with Gasteiger partial charge in [0.05, 0.1) is 26.4 Å². The van der Waals surface area contributed by atoms with Crippen molar-refractivity contribution in [3.8, 4) is 0 Å². The normalized spacial score (nSPS) is 16.8. The van der Waals surface area contributed by atoms with Crippen molar-refractivity contribution in [1.29, 1.82) is 0 Å². The van der Waals surface area contributed by atoms with E-state index in [0.717, 1.165) is 22.9 Å². The van der Waals surface area contributed by atoms with Crippen LogP contribution in [-0.2, 0) is 20.9 Å².